The first-order valence-electron chi connectivity index (χ1n) is 9.65. The van der Waals surface area contributed by atoms with E-state index in [1.807, 2.05) is 18.2 Å². The van der Waals surface area contributed by atoms with Crippen LogP contribution in [0.5, 0.6) is 0 Å². The fraction of sp³-hybridized carbons (Fsp3) is 0.333. The van der Waals surface area contributed by atoms with Gasteiger partial charge in [-0.15, -0.1) is 11.3 Å². The first-order chi connectivity index (χ1) is 13.9. The smallest absolute Gasteiger partial charge is 0.228 e. The number of para-hydroxylation sites is 1. The number of aromatic nitrogens is 1. The first kappa shape index (κ1) is 20.0. The molecule has 0 aliphatic heterocycles. The Labute approximate surface area is 174 Å². The van der Waals surface area contributed by atoms with Crippen molar-refractivity contribution in [1.82, 2.24) is 4.98 Å². The highest BCUT2D eigenvalue weighted by Gasteiger charge is 2.34. The van der Waals surface area contributed by atoms with Gasteiger partial charge in [-0.25, -0.2) is 18.5 Å². The van der Waals surface area contributed by atoms with E-state index in [4.69, 9.17) is 10.1 Å². The Bertz CT molecular complexity index is 1090. The second kappa shape index (κ2) is 8.22. The highest BCUT2D eigenvalue weighted by atomic mass is 32.2. The van der Waals surface area contributed by atoms with Gasteiger partial charge in [-0.2, -0.15) is 0 Å². The van der Waals surface area contributed by atoms with Crippen LogP contribution in [-0.2, 0) is 20.6 Å². The molecule has 152 valence electrons. The summed E-state index contributed by atoms with van der Waals surface area (Å²) in [4.78, 5) is 17.8. The van der Waals surface area contributed by atoms with Gasteiger partial charge < -0.3 is 5.32 Å². The van der Waals surface area contributed by atoms with Crippen molar-refractivity contribution in [1.29, 1.82) is 0 Å². The molecule has 1 fully saturated rings. The third-order valence-electron chi connectivity index (χ3n) is 5.32. The number of sulfonamides is 1. The SMILES string of the molecule is NS(=O)(=O)Cc1ccc(NC(=O)C2CCCCC2c2nc3ccccc3s2)cc1. The van der Waals surface area contributed by atoms with Crippen molar-refractivity contribution in [2.75, 3.05) is 5.32 Å². The van der Waals surface area contributed by atoms with Crippen LogP contribution < -0.4 is 10.5 Å². The van der Waals surface area contributed by atoms with Crippen LogP contribution in [0.1, 0.15) is 42.2 Å². The summed E-state index contributed by atoms with van der Waals surface area (Å²) in [5.74, 6) is -0.215. The maximum atomic E-state index is 13.0. The zero-order chi connectivity index (χ0) is 20.4. The van der Waals surface area contributed by atoms with Crippen LogP contribution in [0.15, 0.2) is 48.5 Å². The number of nitrogens with two attached hydrogens (primary N) is 1. The van der Waals surface area contributed by atoms with Gasteiger partial charge in [0.15, 0.2) is 0 Å². The van der Waals surface area contributed by atoms with Crippen LogP contribution in [-0.4, -0.2) is 19.3 Å². The van der Waals surface area contributed by atoms with Gasteiger partial charge in [-0.1, -0.05) is 37.1 Å². The van der Waals surface area contributed by atoms with Crippen LogP contribution in [0.4, 0.5) is 5.69 Å². The zero-order valence-corrected chi connectivity index (χ0v) is 17.5. The van der Waals surface area contributed by atoms with E-state index in [0.29, 0.717) is 11.3 Å². The van der Waals surface area contributed by atoms with Crippen molar-refractivity contribution in [2.24, 2.45) is 11.1 Å². The Morgan fingerprint density at radius 3 is 2.55 bits per heavy atom. The summed E-state index contributed by atoms with van der Waals surface area (Å²) in [5, 5.41) is 9.11. The van der Waals surface area contributed by atoms with Gasteiger partial charge in [0.25, 0.3) is 0 Å². The van der Waals surface area contributed by atoms with Crippen molar-refractivity contribution in [3.8, 4) is 0 Å². The Morgan fingerprint density at radius 1 is 1.10 bits per heavy atom. The van der Waals surface area contributed by atoms with Gasteiger partial charge in [0.05, 0.1) is 21.0 Å². The van der Waals surface area contributed by atoms with Crippen molar-refractivity contribution in [3.05, 3.63) is 59.1 Å². The van der Waals surface area contributed by atoms with E-state index in [2.05, 4.69) is 11.4 Å². The number of thiazole rings is 1. The van der Waals surface area contributed by atoms with E-state index < -0.39 is 10.0 Å². The number of nitrogens with one attached hydrogen (secondary N) is 1. The van der Waals surface area contributed by atoms with Crippen molar-refractivity contribution in [3.63, 3.8) is 0 Å². The number of fused-ring (bicyclic) bond motifs is 1. The van der Waals surface area contributed by atoms with Gasteiger partial charge in [-0.05, 0) is 42.7 Å². The fourth-order valence-electron chi connectivity index (χ4n) is 3.94. The topological polar surface area (TPSA) is 102 Å². The van der Waals surface area contributed by atoms with Gasteiger partial charge in [0, 0.05) is 17.5 Å². The lowest BCUT2D eigenvalue weighted by molar-refractivity contribution is -0.121. The van der Waals surface area contributed by atoms with Gasteiger partial charge in [0.1, 0.15) is 0 Å². The zero-order valence-electron chi connectivity index (χ0n) is 15.9. The average molecular weight is 430 g/mol. The molecule has 2 aromatic carbocycles. The molecule has 0 bridgehead atoms. The summed E-state index contributed by atoms with van der Waals surface area (Å²) in [6.45, 7) is 0. The molecule has 0 radical (unpaired) electrons. The van der Waals surface area contributed by atoms with Crippen molar-refractivity contribution >= 4 is 43.2 Å². The van der Waals surface area contributed by atoms with Crippen LogP contribution >= 0.6 is 11.3 Å². The molecule has 1 saturated carbocycles. The van der Waals surface area contributed by atoms with E-state index in [9.17, 15) is 13.2 Å². The second-order valence-electron chi connectivity index (χ2n) is 7.51. The standard InChI is InChI=1S/C21H23N3O3S2/c22-29(26,27)13-14-9-11-15(12-10-14)23-20(25)16-5-1-2-6-17(16)21-24-18-7-3-4-8-19(18)28-21/h3-4,7-12,16-17H,1-2,5-6,13H2,(H,23,25)(H2,22,26,27). The Hall–Kier alpha value is -2.29. The van der Waals surface area contributed by atoms with Crippen LogP contribution in [0.2, 0.25) is 0 Å². The number of rotatable bonds is 5. The molecule has 1 aromatic heterocycles. The first-order valence-corrected chi connectivity index (χ1v) is 12.2. The highest BCUT2D eigenvalue weighted by molar-refractivity contribution is 7.88. The molecule has 4 rings (SSSR count). The van der Waals surface area contributed by atoms with Crippen molar-refractivity contribution < 1.29 is 13.2 Å². The molecule has 2 atom stereocenters. The Balaban J connectivity index is 1.50. The number of carbonyl (C=O) groups is 1. The number of hydrogen-bond donors (Lipinski definition) is 2. The van der Waals surface area contributed by atoms with Gasteiger partial charge in [0.2, 0.25) is 15.9 Å². The van der Waals surface area contributed by atoms with E-state index in [1.165, 1.54) is 0 Å². The van der Waals surface area contributed by atoms with Crippen LogP contribution in [0.25, 0.3) is 10.2 Å². The molecule has 1 aliphatic carbocycles. The summed E-state index contributed by atoms with van der Waals surface area (Å²) < 4.78 is 23.6. The number of primary sulfonamides is 1. The summed E-state index contributed by atoms with van der Waals surface area (Å²) in [6, 6.07) is 14.8. The number of amides is 1. The minimum atomic E-state index is -3.57. The van der Waals surface area contributed by atoms with Gasteiger partial charge >= 0.3 is 0 Å². The number of nitrogens with zero attached hydrogens (tertiary/aromatic N) is 1. The van der Waals surface area contributed by atoms with E-state index in [-0.39, 0.29) is 23.5 Å². The molecule has 1 aliphatic rings. The molecule has 0 spiro atoms. The number of anilines is 1. The number of benzene rings is 2. The largest absolute Gasteiger partial charge is 0.326 e. The third-order valence-corrected chi connectivity index (χ3v) is 7.22. The molecule has 2 unspecified atom stereocenters. The fourth-order valence-corrected chi connectivity index (χ4v) is 5.77. The predicted molar refractivity (Wildman–Crippen MR) is 116 cm³/mol. The molecule has 3 aromatic rings. The molecule has 8 heteroatoms. The lowest BCUT2D eigenvalue weighted by Gasteiger charge is -2.29. The molecule has 6 nitrogen and oxygen atoms in total. The summed E-state index contributed by atoms with van der Waals surface area (Å²) in [6.07, 6.45) is 3.94. The number of hydrogen-bond acceptors (Lipinski definition) is 5. The van der Waals surface area contributed by atoms with E-state index in [0.717, 1.165) is 40.9 Å². The quantitative estimate of drug-likeness (QED) is 0.640. The summed E-state index contributed by atoms with van der Waals surface area (Å²) in [7, 11) is -3.57. The maximum Gasteiger partial charge on any atom is 0.228 e. The van der Waals surface area contributed by atoms with Crippen LogP contribution in [0, 0.1) is 5.92 Å². The average Bonchev–Trinajstić information content (AvgIpc) is 3.12. The lowest BCUT2D eigenvalue weighted by Crippen LogP contribution is -2.30. The van der Waals surface area contributed by atoms with Crippen molar-refractivity contribution in [2.45, 2.75) is 37.4 Å². The van der Waals surface area contributed by atoms with Gasteiger partial charge in [-0.3, -0.25) is 4.79 Å². The molecule has 29 heavy (non-hydrogen) atoms. The molecule has 3 N–H and O–H groups in total. The Morgan fingerprint density at radius 2 is 1.83 bits per heavy atom. The normalized spacial score (nSPS) is 19.9. The monoisotopic (exact) mass is 429 g/mol. The molecule has 1 amide bonds. The van der Waals surface area contributed by atoms with Crippen LogP contribution in [0.3, 0.4) is 0 Å². The number of carbonyl (C=O) groups excluding carboxylic acids is 1. The van der Waals surface area contributed by atoms with E-state index >= 15 is 0 Å². The summed E-state index contributed by atoms with van der Waals surface area (Å²) >= 11 is 1.68. The minimum absolute atomic E-state index is 0.00634. The second-order valence-corrected chi connectivity index (χ2v) is 10.2. The maximum absolute atomic E-state index is 13.0. The molecular formula is C21H23N3O3S2. The minimum Gasteiger partial charge on any atom is -0.326 e. The molecule has 1 heterocycles. The third kappa shape index (κ3) is 4.83. The Kier molecular flexibility index (Phi) is 5.67. The lowest BCUT2D eigenvalue weighted by atomic mass is 9.79. The predicted octanol–water partition coefficient (Wildman–Crippen LogP) is 4.00. The summed E-state index contributed by atoms with van der Waals surface area (Å²) in [5.41, 5.74) is 2.24. The highest BCUT2D eigenvalue weighted by Crippen LogP contribution is 2.41. The van der Waals surface area contributed by atoms with E-state index in [1.54, 1.807) is 35.6 Å². The molecular weight excluding hydrogens is 406 g/mol. The molecule has 0 saturated heterocycles.